The molecule has 0 spiro atoms. The highest BCUT2D eigenvalue weighted by molar-refractivity contribution is 7.92. The number of aryl methyl sites for hydroxylation is 1. The molecule has 22 heavy (non-hydrogen) atoms. The maximum atomic E-state index is 13.8. The fraction of sp³-hybridized carbons (Fsp3) is 0.500. The van der Waals surface area contributed by atoms with Crippen LogP contribution in [0.1, 0.15) is 18.4 Å². The van der Waals surface area contributed by atoms with E-state index in [1.54, 1.807) is 13.0 Å². The van der Waals surface area contributed by atoms with Gasteiger partial charge in [-0.25, -0.2) is 12.8 Å². The predicted octanol–water partition coefficient (Wildman–Crippen LogP) is 1.66. The van der Waals surface area contributed by atoms with Gasteiger partial charge < -0.3 is 10.6 Å². The Morgan fingerprint density at radius 2 is 1.91 bits per heavy atom. The molecule has 0 unspecified atom stereocenters. The fourth-order valence-corrected chi connectivity index (χ4v) is 3.89. The monoisotopic (exact) mass is 350 g/mol. The first-order valence-corrected chi connectivity index (χ1v) is 8.63. The second kappa shape index (κ2) is 6.93. The van der Waals surface area contributed by atoms with Crippen LogP contribution in [-0.4, -0.2) is 38.4 Å². The number of carbonyl (C=O) groups excluding carboxylic acids is 1. The third kappa shape index (κ3) is 3.59. The number of halogens is 2. The molecular formula is C14H20ClFN2O3S. The molecule has 1 saturated heterocycles. The summed E-state index contributed by atoms with van der Waals surface area (Å²) in [6.45, 7) is 2.62. The molecule has 0 bridgehead atoms. The molecule has 1 aromatic carbocycles. The molecular weight excluding hydrogens is 331 g/mol. The van der Waals surface area contributed by atoms with Crippen molar-refractivity contribution >= 4 is 33.8 Å². The highest BCUT2D eigenvalue weighted by Crippen LogP contribution is 2.30. The Balaban J connectivity index is 0.00000242. The molecule has 2 N–H and O–H groups in total. The van der Waals surface area contributed by atoms with E-state index in [9.17, 15) is 17.6 Å². The molecule has 0 aromatic heterocycles. The lowest BCUT2D eigenvalue weighted by Crippen LogP contribution is -2.55. The minimum Gasteiger partial charge on any atom is -0.322 e. The van der Waals surface area contributed by atoms with Crippen LogP contribution < -0.4 is 10.6 Å². The lowest BCUT2D eigenvalue weighted by molar-refractivity contribution is -0.119. The number of hydrogen-bond donors (Lipinski definition) is 2. The Morgan fingerprint density at radius 1 is 1.32 bits per heavy atom. The van der Waals surface area contributed by atoms with E-state index in [4.69, 9.17) is 0 Å². The summed E-state index contributed by atoms with van der Waals surface area (Å²) in [4.78, 5) is 12.5. The van der Waals surface area contributed by atoms with Gasteiger partial charge in [0.05, 0.1) is 5.69 Å². The van der Waals surface area contributed by atoms with Crippen LogP contribution in [0.15, 0.2) is 18.2 Å². The molecule has 2 rings (SSSR count). The zero-order valence-electron chi connectivity index (χ0n) is 12.5. The van der Waals surface area contributed by atoms with E-state index in [-0.39, 0.29) is 30.9 Å². The van der Waals surface area contributed by atoms with Gasteiger partial charge in [0.1, 0.15) is 5.82 Å². The van der Waals surface area contributed by atoms with E-state index in [2.05, 4.69) is 10.6 Å². The Bertz CT molecular complexity index is 658. The van der Waals surface area contributed by atoms with Crippen molar-refractivity contribution in [2.75, 3.05) is 24.7 Å². The second-order valence-electron chi connectivity index (χ2n) is 5.45. The van der Waals surface area contributed by atoms with Crippen molar-refractivity contribution in [3.8, 4) is 0 Å². The highest BCUT2D eigenvalue weighted by Gasteiger charge is 2.48. The topological polar surface area (TPSA) is 75.3 Å². The van der Waals surface area contributed by atoms with Crippen molar-refractivity contribution in [1.29, 1.82) is 0 Å². The summed E-state index contributed by atoms with van der Waals surface area (Å²) in [5, 5.41) is 5.46. The molecule has 124 valence electrons. The Morgan fingerprint density at radius 3 is 2.41 bits per heavy atom. The molecule has 1 aromatic rings. The van der Waals surface area contributed by atoms with Crippen LogP contribution in [0.2, 0.25) is 0 Å². The van der Waals surface area contributed by atoms with Crippen LogP contribution in [0, 0.1) is 12.7 Å². The lowest BCUT2D eigenvalue weighted by atomic mass is 9.95. The largest absolute Gasteiger partial charge is 0.322 e. The van der Waals surface area contributed by atoms with E-state index in [0.717, 1.165) is 11.8 Å². The molecule has 5 nitrogen and oxygen atoms in total. The molecule has 1 aliphatic rings. The van der Waals surface area contributed by atoms with Gasteiger partial charge in [0.15, 0.2) is 14.6 Å². The van der Waals surface area contributed by atoms with E-state index in [1.165, 1.54) is 12.1 Å². The SMILES string of the molecule is Cc1ccc(NC(=O)C2(S(C)(=O)=O)CCNCC2)c(F)c1.Cl. The molecule has 0 aliphatic carbocycles. The first-order valence-electron chi connectivity index (χ1n) is 6.74. The lowest BCUT2D eigenvalue weighted by Gasteiger charge is -2.34. The molecule has 0 atom stereocenters. The number of hydrogen-bond acceptors (Lipinski definition) is 4. The Labute approximate surface area is 136 Å². The highest BCUT2D eigenvalue weighted by atomic mass is 35.5. The number of nitrogens with one attached hydrogen (secondary N) is 2. The van der Waals surface area contributed by atoms with Gasteiger partial charge >= 0.3 is 0 Å². The third-order valence-corrected chi connectivity index (χ3v) is 5.92. The first-order chi connectivity index (χ1) is 9.76. The van der Waals surface area contributed by atoms with Gasteiger partial charge in [0.25, 0.3) is 0 Å². The number of carbonyl (C=O) groups is 1. The molecule has 0 saturated carbocycles. The van der Waals surface area contributed by atoms with Gasteiger partial charge in [-0.1, -0.05) is 6.07 Å². The van der Waals surface area contributed by atoms with Crippen LogP contribution in [0.25, 0.3) is 0 Å². The van der Waals surface area contributed by atoms with Gasteiger partial charge in [-0.3, -0.25) is 4.79 Å². The third-order valence-electron chi connectivity index (χ3n) is 3.91. The normalized spacial score (nSPS) is 17.4. The van der Waals surface area contributed by atoms with E-state index >= 15 is 0 Å². The van der Waals surface area contributed by atoms with Gasteiger partial charge in [0.2, 0.25) is 5.91 Å². The summed E-state index contributed by atoms with van der Waals surface area (Å²) < 4.78 is 36.5. The standard InChI is InChI=1S/C14H19FN2O3S.ClH/c1-10-3-4-12(11(15)9-10)17-13(18)14(21(2,19)20)5-7-16-8-6-14;/h3-4,9,16H,5-8H2,1-2H3,(H,17,18);1H. The van der Waals surface area contributed by atoms with Crippen molar-refractivity contribution in [1.82, 2.24) is 5.32 Å². The number of amides is 1. The molecule has 1 fully saturated rings. The average Bonchev–Trinajstić information content (AvgIpc) is 2.41. The summed E-state index contributed by atoms with van der Waals surface area (Å²) >= 11 is 0. The van der Waals surface area contributed by atoms with Crippen LogP contribution in [0.4, 0.5) is 10.1 Å². The van der Waals surface area contributed by atoms with Gasteiger partial charge in [-0.15, -0.1) is 12.4 Å². The van der Waals surface area contributed by atoms with Gasteiger partial charge in [-0.2, -0.15) is 0 Å². The van der Waals surface area contributed by atoms with Crippen LogP contribution in [-0.2, 0) is 14.6 Å². The molecule has 0 radical (unpaired) electrons. The molecule has 1 heterocycles. The van der Waals surface area contributed by atoms with E-state index in [0.29, 0.717) is 13.1 Å². The summed E-state index contributed by atoms with van der Waals surface area (Å²) in [7, 11) is -3.60. The maximum Gasteiger partial charge on any atom is 0.246 e. The molecule has 1 aliphatic heterocycles. The fourth-order valence-electron chi connectivity index (χ4n) is 2.55. The second-order valence-corrected chi connectivity index (χ2v) is 7.78. The number of rotatable bonds is 3. The zero-order chi connectivity index (χ0) is 15.7. The Hall–Kier alpha value is -1.18. The van der Waals surface area contributed by atoms with E-state index in [1.807, 2.05) is 0 Å². The zero-order valence-corrected chi connectivity index (χ0v) is 14.1. The predicted molar refractivity (Wildman–Crippen MR) is 86.7 cm³/mol. The van der Waals surface area contributed by atoms with E-state index < -0.39 is 26.3 Å². The summed E-state index contributed by atoms with van der Waals surface area (Å²) in [6, 6.07) is 4.40. The van der Waals surface area contributed by atoms with Crippen molar-refractivity contribution in [3.05, 3.63) is 29.6 Å². The smallest absolute Gasteiger partial charge is 0.246 e. The summed E-state index contributed by atoms with van der Waals surface area (Å²) in [5.74, 6) is -1.23. The number of anilines is 1. The Kier molecular flexibility index (Phi) is 5.95. The van der Waals surface area contributed by atoms with Crippen molar-refractivity contribution < 1.29 is 17.6 Å². The summed E-state index contributed by atoms with van der Waals surface area (Å²) in [6.07, 6.45) is 1.43. The number of benzene rings is 1. The first kappa shape index (κ1) is 18.9. The minimum atomic E-state index is -3.60. The molecule has 8 heteroatoms. The van der Waals surface area contributed by atoms with Crippen molar-refractivity contribution in [3.63, 3.8) is 0 Å². The average molecular weight is 351 g/mol. The van der Waals surface area contributed by atoms with Crippen LogP contribution in [0.5, 0.6) is 0 Å². The van der Waals surface area contributed by atoms with Gasteiger partial charge in [0, 0.05) is 6.26 Å². The van der Waals surface area contributed by atoms with Crippen molar-refractivity contribution in [2.45, 2.75) is 24.5 Å². The van der Waals surface area contributed by atoms with Crippen molar-refractivity contribution in [2.24, 2.45) is 0 Å². The number of piperidine rings is 1. The minimum absolute atomic E-state index is 0. The summed E-state index contributed by atoms with van der Waals surface area (Å²) in [5.41, 5.74) is 0.734. The molecule has 1 amide bonds. The quantitative estimate of drug-likeness (QED) is 0.869. The van der Waals surface area contributed by atoms with Crippen LogP contribution >= 0.6 is 12.4 Å². The van der Waals surface area contributed by atoms with Crippen LogP contribution in [0.3, 0.4) is 0 Å². The number of sulfone groups is 1. The maximum absolute atomic E-state index is 13.8. The van der Waals surface area contributed by atoms with Gasteiger partial charge in [-0.05, 0) is 50.6 Å².